The molecule has 0 unspecified atom stereocenters. The first-order chi connectivity index (χ1) is 6.92. The van der Waals surface area contributed by atoms with Crippen molar-refractivity contribution >= 4 is 11.8 Å². The molecular formula is C9H8F4OS. The summed E-state index contributed by atoms with van der Waals surface area (Å²) in [6, 6.07) is 2.97. The lowest BCUT2D eigenvalue weighted by atomic mass is 10.2. The molecule has 0 radical (unpaired) electrons. The summed E-state index contributed by atoms with van der Waals surface area (Å²) in [4.78, 5) is 0. The van der Waals surface area contributed by atoms with E-state index in [4.69, 9.17) is 0 Å². The van der Waals surface area contributed by atoms with E-state index in [0.717, 1.165) is 18.2 Å². The van der Waals surface area contributed by atoms with Crippen molar-refractivity contribution in [1.29, 1.82) is 0 Å². The maximum Gasteiger partial charge on any atom is 0.573 e. The monoisotopic (exact) mass is 240 g/mol. The number of halogens is 4. The van der Waals surface area contributed by atoms with Crippen LogP contribution in [0, 0.1) is 5.82 Å². The van der Waals surface area contributed by atoms with E-state index in [-0.39, 0.29) is 5.56 Å². The van der Waals surface area contributed by atoms with Gasteiger partial charge in [0, 0.05) is 11.3 Å². The Morgan fingerprint density at radius 1 is 1.33 bits per heavy atom. The van der Waals surface area contributed by atoms with Gasteiger partial charge in [-0.25, -0.2) is 4.39 Å². The summed E-state index contributed by atoms with van der Waals surface area (Å²) in [6.45, 7) is 0. The van der Waals surface area contributed by atoms with Gasteiger partial charge in [0.05, 0.1) is 0 Å². The lowest BCUT2D eigenvalue weighted by Crippen LogP contribution is -2.17. The van der Waals surface area contributed by atoms with Gasteiger partial charge in [0.2, 0.25) is 0 Å². The Labute approximate surface area is 88.4 Å². The number of benzene rings is 1. The van der Waals surface area contributed by atoms with Crippen LogP contribution < -0.4 is 4.74 Å². The van der Waals surface area contributed by atoms with Crippen LogP contribution >= 0.6 is 11.8 Å². The Bertz CT molecular complexity index is 337. The molecule has 0 heterocycles. The minimum atomic E-state index is -4.74. The van der Waals surface area contributed by atoms with Crippen molar-refractivity contribution in [2.75, 3.05) is 6.26 Å². The predicted octanol–water partition coefficient (Wildman–Crippen LogP) is 3.59. The van der Waals surface area contributed by atoms with E-state index in [0.29, 0.717) is 5.75 Å². The Balaban J connectivity index is 2.87. The SMILES string of the molecule is CSCc1cc(OC(F)(F)F)ccc1F. The third-order valence-corrected chi connectivity index (χ3v) is 2.15. The first-order valence-electron chi connectivity index (χ1n) is 3.95. The third kappa shape index (κ3) is 3.99. The first-order valence-corrected chi connectivity index (χ1v) is 5.35. The fourth-order valence-electron chi connectivity index (χ4n) is 1.01. The Morgan fingerprint density at radius 3 is 2.53 bits per heavy atom. The van der Waals surface area contributed by atoms with Crippen molar-refractivity contribution in [2.45, 2.75) is 12.1 Å². The van der Waals surface area contributed by atoms with E-state index in [1.54, 1.807) is 6.26 Å². The second kappa shape index (κ2) is 4.74. The van der Waals surface area contributed by atoms with Crippen LogP contribution in [0.2, 0.25) is 0 Å². The second-order valence-corrected chi connectivity index (χ2v) is 3.60. The van der Waals surface area contributed by atoms with Gasteiger partial charge < -0.3 is 4.74 Å². The molecule has 0 bridgehead atoms. The van der Waals surface area contributed by atoms with E-state index in [1.807, 2.05) is 0 Å². The quantitative estimate of drug-likeness (QED) is 0.747. The minimum Gasteiger partial charge on any atom is -0.406 e. The molecule has 6 heteroatoms. The van der Waals surface area contributed by atoms with Crippen LogP contribution in [0.3, 0.4) is 0 Å². The van der Waals surface area contributed by atoms with E-state index in [2.05, 4.69) is 4.74 Å². The largest absolute Gasteiger partial charge is 0.573 e. The van der Waals surface area contributed by atoms with Crippen LogP contribution in [-0.4, -0.2) is 12.6 Å². The van der Waals surface area contributed by atoms with Gasteiger partial charge in [-0.1, -0.05) is 0 Å². The smallest absolute Gasteiger partial charge is 0.406 e. The van der Waals surface area contributed by atoms with E-state index < -0.39 is 17.9 Å². The molecule has 1 rings (SSSR count). The van der Waals surface area contributed by atoms with Gasteiger partial charge in [-0.2, -0.15) is 11.8 Å². The topological polar surface area (TPSA) is 9.23 Å². The Kier molecular flexibility index (Phi) is 3.84. The molecular weight excluding hydrogens is 232 g/mol. The maximum absolute atomic E-state index is 13.0. The van der Waals surface area contributed by atoms with Crippen LogP contribution in [0.5, 0.6) is 5.75 Å². The highest BCUT2D eigenvalue weighted by Crippen LogP contribution is 2.25. The van der Waals surface area contributed by atoms with Gasteiger partial charge in [0.25, 0.3) is 0 Å². The highest BCUT2D eigenvalue weighted by Gasteiger charge is 2.31. The van der Waals surface area contributed by atoms with Gasteiger partial charge in [0.15, 0.2) is 0 Å². The van der Waals surface area contributed by atoms with Crippen molar-refractivity contribution in [1.82, 2.24) is 0 Å². The molecule has 0 aliphatic heterocycles. The van der Waals surface area contributed by atoms with E-state index in [1.165, 1.54) is 11.8 Å². The molecule has 0 saturated heterocycles. The highest BCUT2D eigenvalue weighted by atomic mass is 32.2. The Hall–Kier alpha value is -0.910. The zero-order valence-corrected chi connectivity index (χ0v) is 8.58. The van der Waals surface area contributed by atoms with Gasteiger partial charge >= 0.3 is 6.36 Å². The van der Waals surface area contributed by atoms with Crippen molar-refractivity contribution < 1.29 is 22.3 Å². The molecule has 0 atom stereocenters. The van der Waals surface area contributed by atoms with Crippen LogP contribution in [0.1, 0.15) is 5.56 Å². The lowest BCUT2D eigenvalue weighted by Gasteiger charge is -2.10. The van der Waals surface area contributed by atoms with Gasteiger partial charge in [-0.05, 0) is 24.5 Å². The average molecular weight is 240 g/mol. The number of ether oxygens (including phenoxy) is 1. The number of hydrogen-bond acceptors (Lipinski definition) is 2. The molecule has 84 valence electrons. The molecule has 0 spiro atoms. The van der Waals surface area contributed by atoms with Gasteiger partial charge in [-0.15, -0.1) is 13.2 Å². The van der Waals surface area contributed by atoms with Crippen LogP contribution in [-0.2, 0) is 5.75 Å². The number of hydrogen-bond donors (Lipinski definition) is 0. The standard InChI is InChI=1S/C9H8F4OS/c1-15-5-6-4-7(2-3-8(6)10)14-9(11,12)13/h2-4H,5H2,1H3. The molecule has 0 saturated carbocycles. The summed E-state index contributed by atoms with van der Waals surface area (Å²) < 4.78 is 52.2. The van der Waals surface area contributed by atoms with Crippen molar-refractivity contribution in [3.05, 3.63) is 29.6 Å². The van der Waals surface area contributed by atoms with Gasteiger partial charge in [-0.3, -0.25) is 0 Å². The second-order valence-electron chi connectivity index (χ2n) is 2.73. The molecule has 0 aromatic heterocycles. The molecule has 0 fully saturated rings. The summed E-state index contributed by atoms with van der Waals surface area (Å²) in [5.74, 6) is -0.618. The number of rotatable bonds is 3. The molecule has 0 N–H and O–H groups in total. The Morgan fingerprint density at radius 2 is 2.00 bits per heavy atom. The first kappa shape index (κ1) is 12.2. The zero-order valence-electron chi connectivity index (χ0n) is 7.77. The summed E-state index contributed by atoms with van der Waals surface area (Å²) in [5, 5.41) is 0. The zero-order chi connectivity index (χ0) is 11.5. The van der Waals surface area contributed by atoms with E-state index in [9.17, 15) is 17.6 Å². The fourth-order valence-corrected chi connectivity index (χ4v) is 1.55. The molecule has 0 aliphatic carbocycles. The van der Waals surface area contributed by atoms with Crippen molar-refractivity contribution in [3.8, 4) is 5.75 Å². The van der Waals surface area contributed by atoms with Gasteiger partial charge in [0.1, 0.15) is 11.6 Å². The average Bonchev–Trinajstić information content (AvgIpc) is 2.09. The lowest BCUT2D eigenvalue weighted by molar-refractivity contribution is -0.274. The summed E-state index contributed by atoms with van der Waals surface area (Å²) in [6.07, 6.45) is -3.01. The van der Waals surface area contributed by atoms with Crippen molar-refractivity contribution in [2.24, 2.45) is 0 Å². The molecule has 1 nitrogen and oxygen atoms in total. The summed E-state index contributed by atoms with van der Waals surface area (Å²) in [7, 11) is 0. The fraction of sp³-hybridized carbons (Fsp3) is 0.333. The minimum absolute atomic E-state index is 0.198. The van der Waals surface area contributed by atoms with Crippen molar-refractivity contribution in [3.63, 3.8) is 0 Å². The highest BCUT2D eigenvalue weighted by molar-refractivity contribution is 7.97. The molecule has 0 aliphatic rings. The maximum atomic E-state index is 13.0. The predicted molar refractivity (Wildman–Crippen MR) is 50.3 cm³/mol. The number of thioether (sulfide) groups is 1. The van der Waals surface area contributed by atoms with Crippen LogP contribution in [0.15, 0.2) is 18.2 Å². The molecule has 1 aromatic rings. The van der Waals surface area contributed by atoms with E-state index >= 15 is 0 Å². The van der Waals surface area contributed by atoms with Crippen LogP contribution in [0.4, 0.5) is 17.6 Å². The molecule has 15 heavy (non-hydrogen) atoms. The van der Waals surface area contributed by atoms with Crippen LogP contribution in [0.25, 0.3) is 0 Å². The number of alkyl halides is 3. The molecule has 1 aromatic carbocycles. The summed E-state index contributed by atoms with van der Waals surface area (Å²) >= 11 is 1.32. The third-order valence-electron chi connectivity index (χ3n) is 1.55. The summed E-state index contributed by atoms with van der Waals surface area (Å²) in [5.41, 5.74) is 0.198. The normalized spacial score (nSPS) is 11.5. The molecule has 0 amide bonds.